The highest BCUT2D eigenvalue weighted by Crippen LogP contribution is 2.28. The number of rotatable bonds is 3. The molecular weight excluding hydrogens is 336 g/mol. The second-order valence-corrected chi connectivity index (χ2v) is 6.26. The van der Waals surface area contributed by atoms with Crippen LogP contribution in [0.25, 0.3) is 0 Å². The van der Waals surface area contributed by atoms with Crippen molar-refractivity contribution in [2.45, 2.75) is 27.3 Å². The summed E-state index contributed by atoms with van der Waals surface area (Å²) in [7, 11) is 0. The predicted octanol–water partition coefficient (Wildman–Crippen LogP) is 3.89. The molecule has 0 radical (unpaired) electrons. The highest BCUT2D eigenvalue weighted by molar-refractivity contribution is 9.10. The van der Waals surface area contributed by atoms with E-state index in [0.717, 1.165) is 10.7 Å². The first kappa shape index (κ1) is 13.7. The molecule has 0 saturated heterocycles. The van der Waals surface area contributed by atoms with E-state index in [-0.39, 0.29) is 0 Å². The summed E-state index contributed by atoms with van der Waals surface area (Å²) in [6.07, 6.45) is 0. The second kappa shape index (κ2) is 5.50. The van der Waals surface area contributed by atoms with Gasteiger partial charge in [0, 0.05) is 4.88 Å². The summed E-state index contributed by atoms with van der Waals surface area (Å²) in [4.78, 5) is 14.0. The lowest BCUT2D eigenvalue weighted by Crippen LogP contribution is -2.04. The van der Waals surface area contributed by atoms with Crippen molar-refractivity contribution < 1.29 is 0 Å². The van der Waals surface area contributed by atoms with Gasteiger partial charge in [-0.2, -0.15) is 0 Å². The molecule has 0 saturated carbocycles. The Kier molecular flexibility index (Phi) is 4.19. The van der Waals surface area contributed by atoms with Gasteiger partial charge in [0.05, 0.1) is 21.7 Å². The van der Waals surface area contributed by atoms with E-state index in [4.69, 9.17) is 11.6 Å². The molecule has 4 nitrogen and oxygen atoms in total. The van der Waals surface area contributed by atoms with Crippen LogP contribution >= 0.6 is 38.9 Å². The molecule has 0 spiro atoms. The molecule has 96 valence electrons. The quantitative estimate of drug-likeness (QED) is 0.856. The topological polar surface area (TPSA) is 50.7 Å². The second-order valence-electron chi connectivity index (χ2n) is 3.82. The first-order valence-electron chi connectivity index (χ1n) is 5.33. The number of aryl methyl sites for hydroxylation is 3. The van der Waals surface area contributed by atoms with E-state index in [1.54, 1.807) is 11.3 Å². The lowest BCUT2D eigenvalue weighted by atomic mass is 10.4. The third kappa shape index (κ3) is 2.99. The minimum absolute atomic E-state index is 0.419. The SMILES string of the molecule is Cc1nc(Cl)c(Br)c(NCc2sc(C)nc2C)n1. The van der Waals surface area contributed by atoms with Gasteiger partial charge in [-0.05, 0) is 36.7 Å². The van der Waals surface area contributed by atoms with Crippen LogP contribution in [-0.4, -0.2) is 15.0 Å². The molecule has 0 amide bonds. The van der Waals surface area contributed by atoms with Gasteiger partial charge in [0.25, 0.3) is 0 Å². The molecular formula is C11H12BrClN4S. The Labute approximate surface area is 123 Å². The maximum Gasteiger partial charge on any atom is 0.149 e. The van der Waals surface area contributed by atoms with Crippen molar-refractivity contribution in [2.75, 3.05) is 5.32 Å². The van der Waals surface area contributed by atoms with Gasteiger partial charge in [-0.1, -0.05) is 11.6 Å². The average molecular weight is 348 g/mol. The van der Waals surface area contributed by atoms with Gasteiger partial charge in [-0.15, -0.1) is 11.3 Å². The Morgan fingerprint density at radius 3 is 2.56 bits per heavy atom. The van der Waals surface area contributed by atoms with E-state index in [1.807, 2.05) is 20.8 Å². The van der Waals surface area contributed by atoms with Crippen LogP contribution in [0.4, 0.5) is 5.82 Å². The Bertz CT molecular complexity index is 585. The van der Waals surface area contributed by atoms with E-state index in [9.17, 15) is 0 Å². The standard InChI is InChI=1S/C11H12BrClN4S/c1-5-8(18-7(3)15-5)4-14-11-9(12)10(13)16-6(2)17-11/h4H2,1-3H3,(H,14,16,17). The molecule has 0 atom stereocenters. The Hall–Kier alpha value is -0.720. The average Bonchev–Trinajstić information content (AvgIpc) is 2.60. The van der Waals surface area contributed by atoms with Gasteiger partial charge in [0.15, 0.2) is 0 Å². The smallest absolute Gasteiger partial charge is 0.149 e. The molecule has 2 aromatic heterocycles. The van der Waals surface area contributed by atoms with Crippen molar-refractivity contribution >= 4 is 44.7 Å². The molecule has 0 aliphatic carbocycles. The third-order valence-corrected chi connectivity index (χ3v) is 4.66. The van der Waals surface area contributed by atoms with Crippen LogP contribution in [0, 0.1) is 20.8 Å². The van der Waals surface area contributed by atoms with Crippen molar-refractivity contribution in [1.29, 1.82) is 0 Å². The predicted molar refractivity (Wildman–Crippen MR) is 78.4 cm³/mol. The van der Waals surface area contributed by atoms with Crippen LogP contribution in [0.2, 0.25) is 5.15 Å². The van der Waals surface area contributed by atoms with Crippen molar-refractivity contribution in [1.82, 2.24) is 15.0 Å². The summed E-state index contributed by atoms with van der Waals surface area (Å²) in [6, 6.07) is 0. The molecule has 0 fully saturated rings. The van der Waals surface area contributed by atoms with E-state index < -0.39 is 0 Å². The highest BCUT2D eigenvalue weighted by atomic mass is 79.9. The number of nitrogens with one attached hydrogen (secondary N) is 1. The van der Waals surface area contributed by atoms with Gasteiger partial charge in [-0.25, -0.2) is 15.0 Å². The lowest BCUT2D eigenvalue weighted by Gasteiger charge is -2.08. The zero-order valence-electron chi connectivity index (χ0n) is 10.2. The summed E-state index contributed by atoms with van der Waals surface area (Å²) in [5.41, 5.74) is 1.05. The van der Waals surface area contributed by atoms with E-state index in [1.165, 1.54) is 4.88 Å². The van der Waals surface area contributed by atoms with Crippen LogP contribution in [0.5, 0.6) is 0 Å². The third-order valence-electron chi connectivity index (χ3n) is 2.34. The first-order chi connectivity index (χ1) is 8.47. The Balaban J connectivity index is 2.18. The number of hydrogen-bond donors (Lipinski definition) is 1. The molecule has 0 aliphatic heterocycles. The minimum atomic E-state index is 0.419. The number of anilines is 1. The Morgan fingerprint density at radius 2 is 1.94 bits per heavy atom. The number of nitrogens with zero attached hydrogens (tertiary/aromatic N) is 3. The minimum Gasteiger partial charge on any atom is -0.364 e. The van der Waals surface area contributed by atoms with Crippen molar-refractivity contribution in [2.24, 2.45) is 0 Å². The number of halogens is 2. The Morgan fingerprint density at radius 1 is 1.22 bits per heavy atom. The molecule has 2 rings (SSSR count). The van der Waals surface area contributed by atoms with E-state index >= 15 is 0 Å². The number of aromatic nitrogens is 3. The van der Waals surface area contributed by atoms with Crippen LogP contribution in [0.15, 0.2) is 4.47 Å². The molecule has 2 aromatic rings. The fourth-order valence-corrected chi connectivity index (χ4v) is 2.95. The van der Waals surface area contributed by atoms with Gasteiger partial charge in [-0.3, -0.25) is 0 Å². The maximum absolute atomic E-state index is 5.99. The molecule has 0 aliphatic rings. The molecule has 18 heavy (non-hydrogen) atoms. The zero-order chi connectivity index (χ0) is 13.3. The molecule has 7 heteroatoms. The van der Waals surface area contributed by atoms with Crippen molar-refractivity contribution in [3.05, 3.63) is 31.0 Å². The summed E-state index contributed by atoms with van der Waals surface area (Å²) < 4.78 is 0.689. The van der Waals surface area contributed by atoms with Crippen molar-refractivity contribution in [3.63, 3.8) is 0 Å². The van der Waals surface area contributed by atoms with Crippen LogP contribution in [0.1, 0.15) is 21.4 Å². The molecule has 1 N–H and O–H groups in total. The number of hydrogen-bond acceptors (Lipinski definition) is 5. The van der Waals surface area contributed by atoms with E-state index in [2.05, 4.69) is 36.2 Å². The van der Waals surface area contributed by atoms with Crippen LogP contribution < -0.4 is 5.32 Å². The molecule has 2 heterocycles. The molecule has 0 bridgehead atoms. The van der Waals surface area contributed by atoms with Crippen LogP contribution in [0.3, 0.4) is 0 Å². The van der Waals surface area contributed by atoms with E-state index in [0.29, 0.717) is 27.8 Å². The number of thiazole rings is 1. The van der Waals surface area contributed by atoms with Gasteiger partial charge in [0.2, 0.25) is 0 Å². The van der Waals surface area contributed by atoms with Gasteiger partial charge in [0.1, 0.15) is 16.8 Å². The lowest BCUT2D eigenvalue weighted by molar-refractivity contribution is 1.01. The zero-order valence-corrected chi connectivity index (χ0v) is 13.4. The first-order valence-corrected chi connectivity index (χ1v) is 7.32. The fourth-order valence-electron chi connectivity index (χ4n) is 1.54. The van der Waals surface area contributed by atoms with Crippen molar-refractivity contribution in [3.8, 4) is 0 Å². The highest BCUT2D eigenvalue weighted by Gasteiger charge is 2.10. The summed E-state index contributed by atoms with van der Waals surface area (Å²) >= 11 is 11.1. The van der Waals surface area contributed by atoms with Gasteiger partial charge < -0.3 is 5.32 Å². The summed E-state index contributed by atoms with van der Waals surface area (Å²) in [6.45, 7) is 6.50. The normalized spacial score (nSPS) is 10.7. The van der Waals surface area contributed by atoms with Crippen LogP contribution in [-0.2, 0) is 6.54 Å². The van der Waals surface area contributed by atoms with Gasteiger partial charge >= 0.3 is 0 Å². The monoisotopic (exact) mass is 346 g/mol. The summed E-state index contributed by atoms with van der Waals surface area (Å²) in [5, 5.41) is 4.74. The summed E-state index contributed by atoms with van der Waals surface area (Å²) in [5.74, 6) is 1.35. The largest absolute Gasteiger partial charge is 0.364 e. The maximum atomic E-state index is 5.99. The molecule has 0 aromatic carbocycles. The fraction of sp³-hybridized carbons (Fsp3) is 0.364. The molecule has 0 unspecified atom stereocenters.